The second-order valence-electron chi connectivity index (χ2n) is 7.00. The van der Waals surface area contributed by atoms with Gasteiger partial charge < -0.3 is 5.11 Å². The molecule has 3 aromatic rings. The summed E-state index contributed by atoms with van der Waals surface area (Å²) in [6.07, 6.45) is 4.61. The van der Waals surface area contributed by atoms with Crippen LogP contribution in [-0.4, -0.2) is 34.4 Å². The van der Waals surface area contributed by atoms with E-state index in [4.69, 9.17) is 0 Å². The van der Waals surface area contributed by atoms with Gasteiger partial charge in [0.15, 0.2) is 5.78 Å². The van der Waals surface area contributed by atoms with Gasteiger partial charge in [-0.05, 0) is 42.3 Å². The van der Waals surface area contributed by atoms with Crippen LogP contribution in [0.5, 0.6) is 0 Å². The second kappa shape index (κ2) is 9.32. The topological polar surface area (TPSA) is 89.3 Å². The SMILES string of the molecule is CCCC[C@H](O)C(=O)Cc1cc(-c2ccccc2F)n(S(=O)(=O)c2cccnc2)c1. The van der Waals surface area contributed by atoms with E-state index in [1.807, 2.05) is 6.92 Å². The van der Waals surface area contributed by atoms with Crippen LogP contribution < -0.4 is 0 Å². The van der Waals surface area contributed by atoms with Crippen LogP contribution in [0, 0.1) is 5.82 Å². The van der Waals surface area contributed by atoms with E-state index in [0.29, 0.717) is 18.4 Å². The molecule has 0 radical (unpaired) electrons. The molecule has 0 amide bonds. The van der Waals surface area contributed by atoms with Crippen molar-refractivity contribution in [3.05, 3.63) is 72.4 Å². The molecule has 0 spiro atoms. The molecule has 0 aliphatic rings. The first-order valence-corrected chi connectivity index (χ1v) is 11.1. The Labute approximate surface area is 175 Å². The summed E-state index contributed by atoms with van der Waals surface area (Å²) in [6.45, 7) is 1.96. The summed E-state index contributed by atoms with van der Waals surface area (Å²) >= 11 is 0. The Balaban J connectivity index is 2.05. The van der Waals surface area contributed by atoms with Gasteiger partial charge in [-0.2, -0.15) is 0 Å². The Morgan fingerprint density at radius 1 is 1.23 bits per heavy atom. The molecule has 2 aromatic heterocycles. The van der Waals surface area contributed by atoms with Crippen molar-refractivity contribution in [1.82, 2.24) is 8.96 Å². The molecule has 0 bridgehead atoms. The number of carbonyl (C=O) groups is 1. The number of aromatic nitrogens is 2. The second-order valence-corrected chi connectivity index (χ2v) is 8.82. The van der Waals surface area contributed by atoms with Crippen molar-refractivity contribution in [3.63, 3.8) is 0 Å². The van der Waals surface area contributed by atoms with Gasteiger partial charge in [0.1, 0.15) is 16.8 Å². The zero-order chi connectivity index (χ0) is 21.7. The van der Waals surface area contributed by atoms with E-state index < -0.39 is 27.7 Å². The van der Waals surface area contributed by atoms with Crippen molar-refractivity contribution >= 4 is 15.8 Å². The highest BCUT2D eigenvalue weighted by molar-refractivity contribution is 7.90. The molecule has 0 saturated carbocycles. The summed E-state index contributed by atoms with van der Waals surface area (Å²) in [6, 6.07) is 10.2. The van der Waals surface area contributed by atoms with Gasteiger partial charge in [0.2, 0.25) is 0 Å². The molecule has 8 heteroatoms. The molecule has 6 nitrogen and oxygen atoms in total. The number of rotatable bonds is 9. The number of halogens is 1. The average Bonchev–Trinajstić information content (AvgIpc) is 3.17. The summed E-state index contributed by atoms with van der Waals surface area (Å²) < 4.78 is 41.8. The Bertz CT molecular complexity index is 1130. The number of nitrogens with zero attached hydrogens (tertiary/aromatic N) is 2. The fraction of sp³-hybridized carbons (Fsp3) is 0.273. The third-order valence-corrected chi connectivity index (χ3v) is 6.42. The summed E-state index contributed by atoms with van der Waals surface area (Å²) in [5.41, 5.74) is 0.569. The predicted molar refractivity (Wildman–Crippen MR) is 111 cm³/mol. The van der Waals surface area contributed by atoms with E-state index in [0.717, 1.165) is 10.4 Å². The molecule has 3 rings (SSSR count). The molecule has 0 fully saturated rings. The van der Waals surface area contributed by atoms with Crippen LogP contribution in [-0.2, 0) is 21.2 Å². The largest absolute Gasteiger partial charge is 0.385 e. The van der Waals surface area contributed by atoms with Gasteiger partial charge in [0, 0.05) is 30.6 Å². The quantitative estimate of drug-likeness (QED) is 0.560. The van der Waals surface area contributed by atoms with Crippen LogP contribution in [0.3, 0.4) is 0 Å². The van der Waals surface area contributed by atoms with E-state index >= 15 is 0 Å². The standard InChI is InChI=1S/C22H23FN2O4S/c1-2-3-10-21(26)22(27)13-16-12-20(18-8-4-5-9-19(18)23)25(15-16)30(28,29)17-7-6-11-24-14-17/h4-9,11-12,14-15,21,26H,2-3,10,13H2,1H3/t21-/m0/s1. The monoisotopic (exact) mass is 430 g/mol. The van der Waals surface area contributed by atoms with E-state index in [1.54, 1.807) is 6.07 Å². The minimum absolute atomic E-state index is 0.0564. The molecular formula is C22H23FN2O4S. The molecule has 1 aromatic carbocycles. The fourth-order valence-corrected chi connectivity index (χ4v) is 4.50. The molecule has 0 aliphatic heterocycles. The van der Waals surface area contributed by atoms with E-state index in [2.05, 4.69) is 4.98 Å². The number of hydrogen-bond donors (Lipinski definition) is 1. The maximum absolute atomic E-state index is 14.5. The lowest BCUT2D eigenvalue weighted by molar-refractivity contribution is -0.126. The number of ketones is 1. The molecule has 0 saturated heterocycles. The third kappa shape index (κ3) is 4.66. The zero-order valence-corrected chi connectivity index (χ0v) is 17.3. The van der Waals surface area contributed by atoms with Crippen molar-refractivity contribution in [1.29, 1.82) is 0 Å². The fourth-order valence-electron chi connectivity index (χ4n) is 3.15. The minimum Gasteiger partial charge on any atom is -0.385 e. The normalized spacial score (nSPS) is 12.6. The molecule has 0 aliphatic carbocycles. The summed E-state index contributed by atoms with van der Waals surface area (Å²) in [5.74, 6) is -0.987. The Hall–Kier alpha value is -2.84. The summed E-state index contributed by atoms with van der Waals surface area (Å²) in [4.78, 5) is 16.2. The molecule has 1 N–H and O–H groups in total. The van der Waals surface area contributed by atoms with Crippen molar-refractivity contribution < 1.29 is 22.7 Å². The number of hydrogen-bond acceptors (Lipinski definition) is 5. The molecule has 1 atom stereocenters. The molecule has 158 valence electrons. The van der Waals surface area contributed by atoms with Crippen LogP contribution in [0.1, 0.15) is 31.7 Å². The predicted octanol–water partition coefficient (Wildman–Crippen LogP) is 3.59. The van der Waals surface area contributed by atoms with Crippen LogP contribution in [0.2, 0.25) is 0 Å². The van der Waals surface area contributed by atoms with Crippen molar-refractivity contribution in [2.45, 2.75) is 43.6 Å². The number of pyridine rings is 1. The number of unbranched alkanes of at least 4 members (excludes halogenated alkanes) is 1. The lowest BCUT2D eigenvalue weighted by atomic mass is 10.0. The first-order valence-electron chi connectivity index (χ1n) is 9.67. The Morgan fingerprint density at radius 2 is 2.00 bits per heavy atom. The molecule has 2 heterocycles. The van der Waals surface area contributed by atoms with Gasteiger partial charge in [0.05, 0.1) is 5.69 Å². The smallest absolute Gasteiger partial charge is 0.269 e. The first-order chi connectivity index (χ1) is 14.3. The number of Topliss-reactive ketones (excluding diaryl/α,β-unsaturated/α-hetero) is 1. The molecule has 30 heavy (non-hydrogen) atoms. The highest BCUT2D eigenvalue weighted by atomic mass is 32.2. The average molecular weight is 431 g/mol. The van der Waals surface area contributed by atoms with Crippen molar-refractivity contribution in [3.8, 4) is 11.3 Å². The zero-order valence-electron chi connectivity index (χ0n) is 16.5. The van der Waals surface area contributed by atoms with Crippen LogP contribution >= 0.6 is 0 Å². The Morgan fingerprint density at radius 3 is 2.67 bits per heavy atom. The lowest BCUT2D eigenvalue weighted by Gasteiger charge is -2.11. The van der Waals surface area contributed by atoms with Gasteiger partial charge >= 0.3 is 0 Å². The van der Waals surface area contributed by atoms with Crippen LogP contribution in [0.4, 0.5) is 4.39 Å². The Kier molecular flexibility index (Phi) is 6.79. The molecular weight excluding hydrogens is 407 g/mol. The number of aliphatic hydroxyl groups excluding tert-OH is 1. The third-order valence-electron chi connectivity index (χ3n) is 4.76. The maximum atomic E-state index is 14.5. The van der Waals surface area contributed by atoms with Crippen molar-refractivity contribution in [2.75, 3.05) is 0 Å². The highest BCUT2D eigenvalue weighted by Gasteiger charge is 2.25. The van der Waals surface area contributed by atoms with Gasteiger partial charge in [-0.1, -0.05) is 31.9 Å². The highest BCUT2D eigenvalue weighted by Crippen LogP contribution is 2.29. The number of benzene rings is 1. The lowest BCUT2D eigenvalue weighted by Crippen LogP contribution is -2.22. The van der Waals surface area contributed by atoms with Gasteiger partial charge in [-0.3, -0.25) is 9.78 Å². The van der Waals surface area contributed by atoms with E-state index in [9.17, 15) is 22.7 Å². The van der Waals surface area contributed by atoms with Gasteiger partial charge in [0.25, 0.3) is 10.0 Å². The van der Waals surface area contributed by atoms with Crippen LogP contribution in [0.25, 0.3) is 11.3 Å². The molecule has 0 unspecified atom stereocenters. The summed E-state index contributed by atoms with van der Waals surface area (Å²) in [5, 5.41) is 10.0. The number of aliphatic hydroxyl groups is 1. The van der Waals surface area contributed by atoms with Gasteiger partial charge in [-0.25, -0.2) is 16.8 Å². The first kappa shape index (κ1) is 21.9. The van der Waals surface area contributed by atoms with Crippen molar-refractivity contribution in [2.24, 2.45) is 0 Å². The van der Waals surface area contributed by atoms with Crippen LogP contribution in [0.15, 0.2) is 66.0 Å². The summed E-state index contributed by atoms with van der Waals surface area (Å²) in [7, 11) is -4.07. The minimum atomic E-state index is -4.07. The number of carbonyl (C=O) groups excluding carboxylic acids is 1. The van der Waals surface area contributed by atoms with Gasteiger partial charge in [-0.15, -0.1) is 0 Å². The van der Waals surface area contributed by atoms with E-state index in [-0.39, 0.29) is 22.6 Å². The maximum Gasteiger partial charge on any atom is 0.269 e. The van der Waals surface area contributed by atoms with E-state index in [1.165, 1.54) is 55.0 Å².